The normalized spacial score (nSPS) is 21.2. The third-order valence-corrected chi connectivity index (χ3v) is 2.82. The highest BCUT2D eigenvalue weighted by Gasteiger charge is 2.26. The van der Waals surface area contributed by atoms with Crippen molar-refractivity contribution in [3.05, 3.63) is 0 Å². The predicted octanol–water partition coefficient (Wildman–Crippen LogP) is -0.404. The Balaban J connectivity index is 2.02. The quantitative estimate of drug-likeness (QED) is 0.584. The van der Waals surface area contributed by atoms with Crippen LogP contribution >= 0.6 is 0 Å². The van der Waals surface area contributed by atoms with Gasteiger partial charge in [0, 0.05) is 13.2 Å². The molecule has 0 bridgehead atoms. The van der Waals surface area contributed by atoms with E-state index in [9.17, 15) is 4.79 Å². The Morgan fingerprint density at radius 1 is 1.56 bits per heavy atom. The number of amides is 1. The molecular formula is C11H22N2O3. The first kappa shape index (κ1) is 13.4. The fourth-order valence-electron chi connectivity index (χ4n) is 1.91. The van der Waals surface area contributed by atoms with E-state index in [2.05, 4.69) is 10.2 Å². The van der Waals surface area contributed by atoms with Gasteiger partial charge in [-0.25, -0.2) is 0 Å². The van der Waals surface area contributed by atoms with Crippen LogP contribution in [0.4, 0.5) is 0 Å². The van der Waals surface area contributed by atoms with Crippen LogP contribution in [0.3, 0.4) is 0 Å². The van der Waals surface area contributed by atoms with Crippen LogP contribution in [0.25, 0.3) is 0 Å². The number of carbonyl (C=O) groups excluding carboxylic acids is 1. The lowest BCUT2D eigenvalue weighted by Gasteiger charge is -2.18. The van der Waals surface area contributed by atoms with E-state index in [0.717, 1.165) is 25.8 Å². The summed E-state index contributed by atoms with van der Waals surface area (Å²) in [6, 6.07) is 0.0540. The minimum atomic E-state index is 0.0540. The maximum Gasteiger partial charge on any atom is 0.237 e. The minimum Gasteiger partial charge on any atom is -0.394 e. The molecule has 0 aromatic rings. The molecule has 1 unspecified atom stereocenters. The van der Waals surface area contributed by atoms with E-state index in [1.807, 2.05) is 7.05 Å². The molecule has 0 aliphatic carbocycles. The Kier molecular flexibility index (Phi) is 6.37. The summed E-state index contributed by atoms with van der Waals surface area (Å²) in [5.41, 5.74) is 0. The van der Waals surface area contributed by atoms with Gasteiger partial charge in [-0.3, -0.25) is 9.69 Å². The second kappa shape index (κ2) is 7.60. The molecule has 16 heavy (non-hydrogen) atoms. The highest BCUT2D eigenvalue weighted by molar-refractivity contribution is 5.81. The number of nitrogens with one attached hydrogen (secondary N) is 1. The van der Waals surface area contributed by atoms with Gasteiger partial charge in [-0.05, 0) is 32.9 Å². The second-order valence-corrected chi connectivity index (χ2v) is 4.12. The number of hydrogen-bond donors (Lipinski definition) is 2. The van der Waals surface area contributed by atoms with Crippen LogP contribution < -0.4 is 5.32 Å². The fraction of sp³-hybridized carbons (Fsp3) is 0.909. The molecule has 0 aromatic heterocycles. The lowest BCUT2D eigenvalue weighted by molar-refractivity contribution is -0.125. The number of rotatable bonds is 7. The fourth-order valence-corrected chi connectivity index (χ4v) is 1.91. The first-order valence-electron chi connectivity index (χ1n) is 5.92. The van der Waals surface area contributed by atoms with Gasteiger partial charge in [-0.1, -0.05) is 0 Å². The summed E-state index contributed by atoms with van der Waals surface area (Å²) in [6.07, 6.45) is 2.86. The van der Waals surface area contributed by atoms with Crippen LogP contribution in [0.2, 0.25) is 0 Å². The second-order valence-electron chi connectivity index (χ2n) is 4.12. The average molecular weight is 230 g/mol. The van der Waals surface area contributed by atoms with Gasteiger partial charge in [-0.15, -0.1) is 0 Å². The lowest BCUT2D eigenvalue weighted by atomic mass is 10.2. The van der Waals surface area contributed by atoms with Gasteiger partial charge in [-0.2, -0.15) is 0 Å². The summed E-state index contributed by atoms with van der Waals surface area (Å²) in [5.74, 6) is 0.127. The summed E-state index contributed by atoms with van der Waals surface area (Å²) in [6.45, 7) is 2.67. The molecule has 0 spiro atoms. The monoisotopic (exact) mass is 230 g/mol. The van der Waals surface area contributed by atoms with Crippen molar-refractivity contribution in [2.75, 3.05) is 40.0 Å². The Hall–Kier alpha value is -0.650. The first-order valence-corrected chi connectivity index (χ1v) is 5.92. The number of aliphatic hydroxyl groups is 1. The number of likely N-dealkylation sites (N-methyl/N-ethyl adjacent to an activating group) is 1. The average Bonchev–Trinajstić information content (AvgIpc) is 2.69. The van der Waals surface area contributed by atoms with Crippen molar-refractivity contribution in [3.8, 4) is 0 Å². The molecule has 94 valence electrons. The SMILES string of the molecule is CN1CCCC1C(=O)NCCCOCCO. The molecule has 0 saturated carbocycles. The Morgan fingerprint density at radius 3 is 3.00 bits per heavy atom. The highest BCUT2D eigenvalue weighted by atomic mass is 16.5. The molecule has 1 saturated heterocycles. The van der Waals surface area contributed by atoms with Gasteiger partial charge >= 0.3 is 0 Å². The molecule has 1 aliphatic heterocycles. The van der Waals surface area contributed by atoms with E-state index in [1.165, 1.54) is 0 Å². The standard InChI is InChI=1S/C11H22N2O3/c1-13-6-2-4-10(13)11(15)12-5-3-8-16-9-7-14/h10,14H,2-9H2,1H3,(H,12,15). The molecule has 1 heterocycles. The van der Waals surface area contributed by atoms with Gasteiger partial charge in [0.1, 0.15) is 0 Å². The zero-order chi connectivity index (χ0) is 11.8. The summed E-state index contributed by atoms with van der Waals surface area (Å²) in [4.78, 5) is 13.8. The van der Waals surface area contributed by atoms with Crippen molar-refractivity contribution >= 4 is 5.91 Å². The summed E-state index contributed by atoms with van der Waals surface area (Å²) >= 11 is 0. The number of aliphatic hydroxyl groups excluding tert-OH is 1. The largest absolute Gasteiger partial charge is 0.394 e. The van der Waals surface area contributed by atoms with E-state index in [-0.39, 0.29) is 18.6 Å². The molecule has 1 fully saturated rings. The molecule has 0 radical (unpaired) electrons. The predicted molar refractivity (Wildman–Crippen MR) is 61.2 cm³/mol. The van der Waals surface area contributed by atoms with Crippen molar-refractivity contribution in [2.45, 2.75) is 25.3 Å². The summed E-state index contributed by atoms with van der Waals surface area (Å²) < 4.78 is 5.10. The smallest absolute Gasteiger partial charge is 0.237 e. The summed E-state index contributed by atoms with van der Waals surface area (Å²) in [7, 11) is 1.99. The third-order valence-electron chi connectivity index (χ3n) is 2.82. The van der Waals surface area contributed by atoms with Gasteiger partial charge < -0.3 is 15.2 Å². The molecule has 5 heteroatoms. The van der Waals surface area contributed by atoms with E-state index in [1.54, 1.807) is 0 Å². The van der Waals surface area contributed by atoms with Gasteiger partial charge in [0.15, 0.2) is 0 Å². The van der Waals surface area contributed by atoms with E-state index in [0.29, 0.717) is 19.8 Å². The molecule has 1 atom stereocenters. The zero-order valence-corrected chi connectivity index (χ0v) is 9.95. The topological polar surface area (TPSA) is 61.8 Å². The van der Waals surface area contributed by atoms with Crippen molar-refractivity contribution in [1.82, 2.24) is 10.2 Å². The maximum absolute atomic E-state index is 11.7. The Morgan fingerprint density at radius 2 is 2.38 bits per heavy atom. The molecule has 1 rings (SSSR count). The summed E-state index contributed by atoms with van der Waals surface area (Å²) in [5, 5.41) is 11.4. The van der Waals surface area contributed by atoms with Crippen LogP contribution in [0.15, 0.2) is 0 Å². The van der Waals surface area contributed by atoms with Crippen LogP contribution in [0, 0.1) is 0 Å². The minimum absolute atomic E-state index is 0.0540. The number of ether oxygens (including phenoxy) is 1. The van der Waals surface area contributed by atoms with Gasteiger partial charge in [0.05, 0.1) is 19.3 Å². The van der Waals surface area contributed by atoms with E-state index < -0.39 is 0 Å². The molecule has 5 nitrogen and oxygen atoms in total. The van der Waals surface area contributed by atoms with Crippen molar-refractivity contribution in [1.29, 1.82) is 0 Å². The van der Waals surface area contributed by atoms with E-state index >= 15 is 0 Å². The number of carbonyl (C=O) groups is 1. The number of hydrogen-bond acceptors (Lipinski definition) is 4. The Labute approximate surface area is 96.8 Å². The first-order chi connectivity index (χ1) is 7.75. The molecule has 2 N–H and O–H groups in total. The highest BCUT2D eigenvalue weighted by Crippen LogP contribution is 2.14. The van der Waals surface area contributed by atoms with Crippen molar-refractivity contribution in [2.24, 2.45) is 0 Å². The maximum atomic E-state index is 11.7. The van der Waals surface area contributed by atoms with Gasteiger partial charge in [0.25, 0.3) is 0 Å². The van der Waals surface area contributed by atoms with Crippen LogP contribution in [0.1, 0.15) is 19.3 Å². The molecule has 1 aliphatic rings. The van der Waals surface area contributed by atoms with Crippen LogP contribution in [-0.2, 0) is 9.53 Å². The number of nitrogens with zero attached hydrogens (tertiary/aromatic N) is 1. The van der Waals surface area contributed by atoms with Gasteiger partial charge in [0.2, 0.25) is 5.91 Å². The Bertz CT molecular complexity index is 211. The van der Waals surface area contributed by atoms with E-state index in [4.69, 9.17) is 9.84 Å². The number of likely N-dealkylation sites (tertiary alicyclic amines) is 1. The van der Waals surface area contributed by atoms with Crippen molar-refractivity contribution in [3.63, 3.8) is 0 Å². The molecule has 0 aromatic carbocycles. The third kappa shape index (κ3) is 4.47. The lowest BCUT2D eigenvalue weighted by Crippen LogP contribution is -2.41. The molecular weight excluding hydrogens is 208 g/mol. The zero-order valence-electron chi connectivity index (χ0n) is 9.95. The molecule has 1 amide bonds. The van der Waals surface area contributed by atoms with Crippen LogP contribution in [0.5, 0.6) is 0 Å². The van der Waals surface area contributed by atoms with Crippen LogP contribution in [-0.4, -0.2) is 61.9 Å². The van der Waals surface area contributed by atoms with Crippen molar-refractivity contribution < 1.29 is 14.6 Å².